The molecular formula is C26H36N6O2. The number of nitrogens with zero attached hydrogens (tertiary/aromatic N) is 2. The van der Waals surface area contributed by atoms with Crippen LogP contribution in [0.5, 0.6) is 0 Å². The molecule has 5 N–H and O–H groups in total. The molecule has 0 aliphatic heterocycles. The Morgan fingerprint density at radius 3 is 2.21 bits per heavy atom. The van der Waals surface area contributed by atoms with E-state index in [9.17, 15) is 9.59 Å². The van der Waals surface area contributed by atoms with Crippen molar-refractivity contribution in [1.29, 1.82) is 5.41 Å². The summed E-state index contributed by atoms with van der Waals surface area (Å²) < 4.78 is 1.51. The maximum Gasteiger partial charge on any atom is 0.270 e. The molecule has 2 aromatic rings. The van der Waals surface area contributed by atoms with Crippen LogP contribution in [0, 0.1) is 11.3 Å². The van der Waals surface area contributed by atoms with Crippen LogP contribution in [0.15, 0.2) is 42.2 Å². The van der Waals surface area contributed by atoms with E-state index in [1.807, 2.05) is 12.1 Å². The lowest BCUT2D eigenvalue weighted by molar-refractivity contribution is -0.119. The van der Waals surface area contributed by atoms with Gasteiger partial charge in [0.2, 0.25) is 5.91 Å². The summed E-state index contributed by atoms with van der Waals surface area (Å²) in [7, 11) is 1.71. The highest BCUT2D eigenvalue weighted by molar-refractivity contribution is 6.21. The highest BCUT2D eigenvalue weighted by Gasteiger charge is 2.31. The van der Waals surface area contributed by atoms with Crippen molar-refractivity contribution in [1.82, 2.24) is 15.1 Å². The van der Waals surface area contributed by atoms with Crippen molar-refractivity contribution in [2.45, 2.75) is 64.8 Å². The van der Waals surface area contributed by atoms with Crippen LogP contribution in [0.2, 0.25) is 0 Å². The van der Waals surface area contributed by atoms with Gasteiger partial charge in [-0.05, 0) is 56.4 Å². The Hall–Kier alpha value is -3.42. The summed E-state index contributed by atoms with van der Waals surface area (Å²) in [6.45, 7) is 3.47. The third kappa shape index (κ3) is 6.34. The average molecular weight is 465 g/mol. The van der Waals surface area contributed by atoms with Crippen molar-refractivity contribution in [2.24, 2.45) is 18.7 Å². The monoisotopic (exact) mass is 464 g/mol. The van der Waals surface area contributed by atoms with Crippen LogP contribution in [-0.4, -0.2) is 33.3 Å². The molecule has 1 aliphatic rings. The van der Waals surface area contributed by atoms with Gasteiger partial charge in [0, 0.05) is 35.9 Å². The van der Waals surface area contributed by atoms with Gasteiger partial charge in [-0.3, -0.25) is 14.3 Å². The molecule has 1 saturated carbocycles. The average Bonchev–Trinajstić information content (AvgIpc) is 3.19. The minimum absolute atomic E-state index is 0.0757. The molecule has 1 aromatic carbocycles. The number of nitrogens with one attached hydrogen (secondary N) is 3. The highest BCUT2D eigenvalue weighted by Crippen LogP contribution is 2.27. The number of carbonyl (C=O) groups is 2. The van der Waals surface area contributed by atoms with Gasteiger partial charge in [0.25, 0.3) is 5.91 Å². The van der Waals surface area contributed by atoms with Gasteiger partial charge in [0.15, 0.2) is 0 Å². The number of aromatic nitrogens is 2. The summed E-state index contributed by atoms with van der Waals surface area (Å²) in [6.07, 6.45) is 9.04. The predicted octanol–water partition coefficient (Wildman–Crippen LogP) is 4.25. The quantitative estimate of drug-likeness (QED) is 0.457. The highest BCUT2D eigenvalue weighted by atomic mass is 16.2. The second-order valence-corrected chi connectivity index (χ2v) is 9.15. The van der Waals surface area contributed by atoms with E-state index in [1.54, 1.807) is 45.3 Å². The molecule has 1 atom stereocenters. The maximum atomic E-state index is 13.4. The third-order valence-corrected chi connectivity index (χ3v) is 6.45. The van der Waals surface area contributed by atoms with E-state index in [4.69, 9.17) is 11.1 Å². The van der Waals surface area contributed by atoms with Crippen LogP contribution >= 0.6 is 0 Å². The minimum Gasteiger partial charge on any atom is -0.402 e. The SMILES string of the molecule is CC(=N)/C(=C(/C)N)c1ccc(NC(=O)C(NC(=O)c2ccnn2C)C2CCCCCCC2)cc1. The molecule has 182 valence electrons. The molecule has 1 fully saturated rings. The van der Waals surface area contributed by atoms with Crippen molar-refractivity contribution in [3.8, 4) is 0 Å². The Kier molecular flexibility index (Phi) is 8.62. The number of allylic oxidation sites excluding steroid dienone is 2. The number of aryl methyl sites for hydroxylation is 1. The van der Waals surface area contributed by atoms with E-state index in [0.29, 0.717) is 28.4 Å². The number of rotatable bonds is 7. The molecular weight excluding hydrogens is 428 g/mol. The van der Waals surface area contributed by atoms with Crippen molar-refractivity contribution in [3.05, 3.63) is 53.5 Å². The summed E-state index contributed by atoms with van der Waals surface area (Å²) in [5.74, 6) is -0.443. The fraction of sp³-hybridized carbons (Fsp3) is 0.462. The number of carbonyl (C=O) groups excluding carboxylic acids is 2. The Labute approximate surface area is 201 Å². The van der Waals surface area contributed by atoms with Gasteiger partial charge in [-0.25, -0.2) is 0 Å². The normalized spacial score (nSPS) is 16.6. The zero-order valence-electron chi connectivity index (χ0n) is 20.4. The van der Waals surface area contributed by atoms with Crippen LogP contribution in [0.4, 0.5) is 5.69 Å². The van der Waals surface area contributed by atoms with Crippen LogP contribution in [-0.2, 0) is 11.8 Å². The second-order valence-electron chi connectivity index (χ2n) is 9.15. The summed E-state index contributed by atoms with van der Waals surface area (Å²) in [5, 5.41) is 18.0. The van der Waals surface area contributed by atoms with Gasteiger partial charge in [-0.1, -0.05) is 44.2 Å². The fourth-order valence-electron chi connectivity index (χ4n) is 4.71. The Bertz CT molecular complexity index is 1040. The summed E-state index contributed by atoms with van der Waals surface area (Å²) in [5.41, 5.74) is 9.49. The molecule has 0 saturated heterocycles. The van der Waals surface area contributed by atoms with Gasteiger partial charge >= 0.3 is 0 Å². The van der Waals surface area contributed by atoms with E-state index in [-0.39, 0.29) is 17.7 Å². The van der Waals surface area contributed by atoms with E-state index in [2.05, 4.69) is 15.7 Å². The molecule has 0 bridgehead atoms. The molecule has 3 rings (SSSR count). The van der Waals surface area contributed by atoms with Crippen molar-refractivity contribution in [2.75, 3.05) is 5.32 Å². The molecule has 1 aromatic heterocycles. The van der Waals surface area contributed by atoms with Gasteiger partial charge in [0.1, 0.15) is 11.7 Å². The van der Waals surface area contributed by atoms with Gasteiger partial charge in [-0.2, -0.15) is 5.10 Å². The first-order chi connectivity index (χ1) is 16.3. The zero-order valence-corrected chi connectivity index (χ0v) is 20.4. The van der Waals surface area contributed by atoms with E-state index < -0.39 is 6.04 Å². The standard InChI is InChI=1S/C26H36N6O2/c1-17(27)23(18(2)28)19-11-13-21(14-12-19)30-26(34)24(20-9-7-5-4-6-8-10-20)31-25(33)22-15-16-29-32(22)3/h11-16,20,24,27H,4-10,28H2,1-3H3,(H,30,34)(H,31,33)/b23-18+,27-17?. The van der Waals surface area contributed by atoms with Crippen LogP contribution in [0.3, 0.4) is 0 Å². The molecule has 0 radical (unpaired) electrons. The van der Waals surface area contributed by atoms with Gasteiger partial charge in [0.05, 0.1) is 0 Å². The van der Waals surface area contributed by atoms with Gasteiger partial charge in [-0.15, -0.1) is 0 Å². The predicted molar refractivity (Wildman–Crippen MR) is 136 cm³/mol. The molecule has 34 heavy (non-hydrogen) atoms. The van der Waals surface area contributed by atoms with Crippen LogP contribution in [0.25, 0.3) is 5.57 Å². The third-order valence-electron chi connectivity index (χ3n) is 6.45. The van der Waals surface area contributed by atoms with Crippen molar-refractivity contribution < 1.29 is 9.59 Å². The minimum atomic E-state index is -0.634. The molecule has 0 spiro atoms. The van der Waals surface area contributed by atoms with E-state index in [1.165, 1.54) is 11.1 Å². The van der Waals surface area contributed by atoms with Crippen molar-refractivity contribution in [3.63, 3.8) is 0 Å². The summed E-state index contributed by atoms with van der Waals surface area (Å²) in [4.78, 5) is 26.4. The molecule has 8 nitrogen and oxygen atoms in total. The molecule has 1 aliphatic carbocycles. The first kappa shape index (κ1) is 25.2. The summed E-state index contributed by atoms with van der Waals surface area (Å²) in [6, 6.07) is 8.31. The smallest absolute Gasteiger partial charge is 0.270 e. The lowest BCUT2D eigenvalue weighted by Crippen LogP contribution is -2.49. The number of hydrogen-bond donors (Lipinski definition) is 4. The van der Waals surface area contributed by atoms with Crippen LogP contribution in [0.1, 0.15) is 74.8 Å². The maximum absolute atomic E-state index is 13.4. The lowest BCUT2D eigenvalue weighted by Gasteiger charge is -2.28. The Morgan fingerprint density at radius 1 is 1.06 bits per heavy atom. The number of anilines is 1. The van der Waals surface area contributed by atoms with Gasteiger partial charge < -0.3 is 21.8 Å². The molecule has 8 heteroatoms. The zero-order chi connectivity index (χ0) is 24.7. The summed E-state index contributed by atoms with van der Waals surface area (Å²) >= 11 is 0. The number of amides is 2. The number of nitrogens with two attached hydrogens (primary N) is 1. The topological polar surface area (TPSA) is 126 Å². The fourth-order valence-corrected chi connectivity index (χ4v) is 4.71. The van der Waals surface area contributed by atoms with Crippen LogP contribution < -0.4 is 16.4 Å². The Morgan fingerprint density at radius 2 is 1.68 bits per heavy atom. The van der Waals surface area contributed by atoms with Crippen molar-refractivity contribution >= 4 is 28.8 Å². The molecule has 1 unspecified atom stereocenters. The first-order valence-electron chi connectivity index (χ1n) is 12.0. The van der Waals surface area contributed by atoms with E-state index in [0.717, 1.165) is 44.1 Å². The first-order valence-corrected chi connectivity index (χ1v) is 12.0. The molecule has 1 heterocycles. The lowest BCUT2D eigenvalue weighted by atomic mass is 9.85. The molecule has 2 amide bonds. The number of hydrogen-bond acceptors (Lipinski definition) is 5. The van der Waals surface area contributed by atoms with E-state index >= 15 is 0 Å². The number of benzene rings is 1. The Balaban J connectivity index is 1.80. The largest absolute Gasteiger partial charge is 0.402 e. The second kappa shape index (κ2) is 11.6.